The molecule has 5 nitrogen and oxygen atoms in total. The summed E-state index contributed by atoms with van der Waals surface area (Å²) in [6.07, 6.45) is 0. The molecule has 0 saturated heterocycles. The number of non-ortho nitro benzene ring substituents is 1. The SMILES string of the molecule is Cc1c(Cl)cccc1-c1cc([N+](=O)[O-])ccc1C(=O)O. The molecule has 0 bridgehead atoms. The number of hydrogen-bond donors (Lipinski definition) is 1. The van der Waals surface area contributed by atoms with Crippen molar-refractivity contribution >= 4 is 23.3 Å². The summed E-state index contributed by atoms with van der Waals surface area (Å²) in [5.74, 6) is -1.14. The Hall–Kier alpha value is -2.40. The Bertz CT molecular complexity index is 712. The first-order valence-electron chi connectivity index (χ1n) is 5.69. The van der Waals surface area contributed by atoms with Crippen molar-refractivity contribution < 1.29 is 14.8 Å². The van der Waals surface area contributed by atoms with E-state index in [4.69, 9.17) is 11.6 Å². The molecule has 0 aliphatic rings. The maximum atomic E-state index is 11.3. The predicted octanol–water partition coefficient (Wildman–Crippen LogP) is 3.92. The third-order valence-electron chi connectivity index (χ3n) is 3.00. The number of carbonyl (C=O) groups is 1. The van der Waals surface area contributed by atoms with E-state index in [1.807, 2.05) is 0 Å². The van der Waals surface area contributed by atoms with E-state index in [0.29, 0.717) is 16.1 Å². The topological polar surface area (TPSA) is 80.4 Å². The van der Waals surface area contributed by atoms with Crippen LogP contribution in [-0.4, -0.2) is 16.0 Å². The maximum absolute atomic E-state index is 11.3. The van der Waals surface area contributed by atoms with E-state index < -0.39 is 10.9 Å². The monoisotopic (exact) mass is 291 g/mol. The second kappa shape index (κ2) is 5.30. The number of benzene rings is 2. The van der Waals surface area contributed by atoms with Crippen molar-refractivity contribution in [2.24, 2.45) is 0 Å². The molecule has 0 atom stereocenters. The van der Waals surface area contributed by atoms with E-state index in [1.165, 1.54) is 18.2 Å². The summed E-state index contributed by atoms with van der Waals surface area (Å²) in [7, 11) is 0. The van der Waals surface area contributed by atoms with Crippen molar-refractivity contribution in [1.29, 1.82) is 0 Å². The fourth-order valence-electron chi connectivity index (χ4n) is 1.95. The van der Waals surface area contributed by atoms with Gasteiger partial charge in [0.15, 0.2) is 0 Å². The van der Waals surface area contributed by atoms with Gasteiger partial charge in [-0.25, -0.2) is 4.79 Å². The lowest BCUT2D eigenvalue weighted by Gasteiger charge is -2.10. The van der Waals surface area contributed by atoms with E-state index in [0.717, 1.165) is 0 Å². The number of hydrogen-bond acceptors (Lipinski definition) is 3. The van der Waals surface area contributed by atoms with Crippen LogP contribution in [0.25, 0.3) is 11.1 Å². The van der Waals surface area contributed by atoms with Crippen LogP contribution < -0.4 is 0 Å². The molecule has 0 unspecified atom stereocenters. The summed E-state index contributed by atoms with van der Waals surface area (Å²) in [6.45, 7) is 1.74. The van der Waals surface area contributed by atoms with E-state index in [1.54, 1.807) is 25.1 Å². The third kappa shape index (κ3) is 2.48. The Morgan fingerprint density at radius 3 is 2.55 bits per heavy atom. The highest BCUT2D eigenvalue weighted by molar-refractivity contribution is 6.31. The maximum Gasteiger partial charge on any atom is 0.336 e. The number of nitro benzene ring substituents is 1. The van der Waals surface area contributed by atoms with Gasteiger partial charge in [-0.15, -0.1) is 0 Å². The van der Waals surface area contributed by atoms with Crippen LogP contribution in [-0.2, 0) is 0 Å². The lowest BCUT2D eigenvalue weighted by Crippen LogP contribution is -2.01. The van der Waals surface area contributed by atoms with Gasteiger partial charge in [-0.05, 0) is 30.2 Å². The first kappa shape index (κ1) is 14.0. The van der Waals surface area contributed by atoms with E-state index >= 15 is 0 Å². The highest BCUT2D eigenvalue weighted by Crippen LogP contribution is 2.33. The van der Waals surface area contributed by atoms with Crippen LogP contribution in [0.4, 0.5) is 5.69 Å². The second-order valence-electron chi connectivity index (χ2n) is 4.20. The normalized spacial score (nSPS) is 10.3. The fraction of sp³-hybridized carbons (Fsp3) is 0.0714. The molecule has 0 amide bonds. The third-order valence-corrected chi connectivity index (χ3v) is 3.41. The minimum Gasteiger partial charge on any atom is -0.478 e. The van der Waals surface area contributed by atoms with Crippen LogP contribution in [0.2, 0.25) is 5.02 Å². The van der Waals surface area contributed by atoms with Gasteiger partial charge in [0.25, 0.3) is 5.69 Å². The molecular formula is C14H10ClNO4. The van der Waals surface area contributed by atoms with Gasteiger partial charge in [-0.1, -0.05) is 23.7 Å². The molecule has 0 heterocycles. The van der Waals surface area contributed by atoms with Gasteiger partial charge in [0.1, 0.15) is 0 Å². The Balaban J connectivity index is 2.76. The summed E-state index contributed by atoms with van der Waals surface area (Å²) < 4.78 is 0. The van der Waals surface area contributed by atoms with Gasteiger partial charge in [-0.3, -0.25) is 10.1 Å². The first-order valence-corrected chi connectivity index (χ1v) is 6.07. The number of nitro groups is 1. The molecule has 102 valence electrons. The number of aromatic carboxylic acids is 1. The Morgan fingerprint density at radius 2 is 1.95 bits per heavy atom. The number of carboxylic acid groups (broad SMARTS) is 1. The van der Waals surface area contributed by atoms with Gasteiger partial charge in [0.05, 0.1) is 10.5 Å². The zero-order valence-corrected chi connectivity index (χ0v) is 11.2. The highest BCUT2D eigenvalue weighted by atomic mass is 35.5. The molecule has 1 N–H and O–H groups in total. The molecule has 0 spiro atoms. The van der Waals surface area contributed by atoms with Crippen molar-refractivity contribution in [3.8, 4) is 11.1 Å². The summed E-state index contributed by atoms with van der Waals surface area (Å²) in [5, 5.41) is 20.5. The minimum absolute atomic E-state index is 0.000895. The Kier molecular flexibility index (Phi) is 3.72. The van der Waals surface area contributed by atoms with Crippen LogP contribution in [0.1, 0.15) is 15.9 Å². The number of carboxylic acids is 1. The van der Waals surface area contributed by atoms with Crippen LogP contribution in [0.5, 0.6) is 0 Å². The molecule has 2 rings (SSSR count). The number of nitrogens with zero attached hydrogens (tertiary/aromatic N) is 1. The molecule has 2 aromatic rings. The zero-order chi connectivity index (χ0) is 14.9. The summed E-state index contributed by atoms with van der Waals surface area (Å²) >= 11 is 6.02. The Labute approximate surface area is 119 Å². The van der Waals surface area contributed by atoms with Crippen molar-refractivity contribution in [3.05, 3.63) is 62.7 Å². The van der Waals surface area contributed by atoms with E-state index in [2.05, 4.69) is 0 Å². The van der Waals surface area contributed by atoms with E-state index in [9.17, 15) is 20.0 Å². The average Bonchev–Trinajstić information content (AvgIpc) is 2.41. The largest absolute Gasteiger partial charge is 0.478 e. The fourth-order valence-corrected chi connectivity index (χ4v) is 2.13. The second-order valence-corrected chi connectivity index (χ2v) is 4.61. The van der Waals surface area contributed by atoms with Gasteiger partial charge in [-0.2, -0.15) is 0 Å². The predicted molar refractivity (Wildman–Crippen MR) is 75.2 cm³/mol. The molecule has 6 heteroatoms. The van der Waals surface area contributed by atoms with Crippen LogP contribution >= 0.6 is 11.6 Å². The standard InChI is InChI=1S/C14H10ClNO4/c1-8-10(3-2-4-13(8)15)12-7-9(16(19)20)5-6-11(12)14(17)18/h2-7H,1H3,(H,17,18). The quantitative estimate of drug-likeness (QED) is 0.686. The molecular weight excluding hydrogens is 282 g/mol. The van der Waals surface area contributed by atoms with Crippen molar-refractivity contribution in [2.75, 3.05) is 0 Å². The smallest absolute Gasteiger partial charge is 0.336 e. The molecule has 0 radical (unpaired) electrons. The summed E-state index contributed by atoms with van der Waals surface area (Å²) in [6, 6.07) is 8.70. The van der Waals surface area contributed by atoms with Gasteiger partial charge >= 0.3 is 5.97 Å². The van der Waals surface area contributed by atoms with Crippen molar-refractivity contribution in [1.82, 2.24) is 0 Å². The van der Waals surface area contributed by atoms with Crippen LogP contribution in [0.3, 0.4) is 0 Å². The number of halogens is 1. The Morgan fingerprint density at radius 1 is 1.25 bits per heavy atom. The molecule has 0 aromatic heterocycles. The molecule has 0 fully saturated rings. The van der Waals surface area contributed by atoms with Gasteiger partial charge in [0.2, 0.25) is 0 Å². The summed E-state index contributed by atoms with van der Waals surface area (Å²) in [5.41, 5.74) is 1.37. The molecule has 2 aromatic carbocycles. The summed E-state index contributed by atoms with van der Waals surface area (Å²) in [4.78, 5) is 21.6. The highest BCUT2D eigenvalue weighted by Gasteiger charge is 2.18. The number of rotatable bonds is 3. The lowest BCUT2D eigenvalue weighted by molar-refractivity contribution is -0.384. The molecule has 0 saturated carbocycles. The van der Waals surface area contributed by atoms with Gasteiger partial charge < -0.3 is 5.11 Å². The van der Waals surface area contributed by atoms with E-state index in [-0.39, 0.29) is 16.8 Å². The van der Waals surface area contributed by atoms with Crippen LogP contribution in [0, 0.1) is 17.0 Å². The molecule has 20 heavy (non-hydrogen) atoms. The van der Waals surface area contributed by atoms with Crippen molar-refractivity contribution in [2.45, 2.75) is 6.92 Å². The average molecular weight is 292 g/mol. The first-order chi connectivity index (χ1) is 9.41. The van der Waals surface area contributed by atoms with Crippen molar-refractivity contribution in [3.63, 3.8) is 0 Å². The van der Waals surface area contributed by atoms with Gasteiger partial charge in [0, 0.05) is 22.7 Å². The molecule has 0 aliphatic heterocycles. The minimum atomic E-state index is -1.14. The lowest BCUT2D eigenvalue weighted by atomic mass is 9.95. The zero-order valence-electron chi connectivity index (χ0n) is 10.5. The molecule has 0 aliphatic carbocycles. The van der Waals surface area contributed by atoms with Crippen LogP contribution in [0.15, 0.2) is 36.4 Å².